The average Bonchev–Trinajstić information content (AvgIpc) is 3.05. The number of carbonyl (C=O) groups excluding carboxylic acids is 2. The number of benzene rings is 1. The summed E-state index contributed by atoms with van der Waals surface area (Å²) < 4.78 is 0. The summed E-state index contributed by atoms with van der Waals surface area (Å²) in [6.07, 6.45) is 1.75. The van der Waals surface area contributed by atoms with Crippen molar-refractivity contribution in [2.75, 3.05) is 6.54 Å². The first kappa shape index (κ1) is 21.4. The van der Waals surface area contributed by atoms with Gasteiger partial charge in [-0.25, -0.2) is 5.01 Å². The molecular weight excluding hydrogens is 340 g/mol. The molecule has 0 unspecified atom stereocenters. The van der Waals surface area contributed by atoms with Gasteiger partial charge in [0, 0.05) is 18.6 Å². The molecule has 150 valence electrons. The average molecular weight is 375 g/mol. The number of hydrogen-bond donors (Lipinski definition) is 3. The van der Waals surface area contributed by atoms with Gasteiger partial charge in [0.1, 0.15) is 12.1 Å². The van der Waals surface area contributed by atoms with Gasteiger partial charge in [0.2, 0.25) is 11.8 Å². The standard InChI is InChI=1S/C21H34N4O2/c1-15(2)18(20(27)24-21(3,4)5)23-19(26)17-12-9-13-25(17)22-14-16-10-7-6-8-11-16/h6-8,10-11,15,17-18,22H,9,12-14H2,1-5H3,(H,23,26)(H,24,27)/t17-,18-/m0/s1. The summed E-state index contributed by atoms with van der Waals surface area (Å²) in [4.78, 5) is 25.5. The highest BCUT2D eigenvalue weighted by atomic mass is 16.2. The molecule has 0 saturated carbocycles. The predicted octanol–water partition coefficient (Wildman–Crippen LogP) is 2.21. The Balaban J connectivity index is 1.96. The lowest BCUT2D eigenvalue weighted by Crippen LogP contribution is -2.58. The van der Waals surface area contributed by atoms with Crippen molar-refractivity contribution < 1.29 is 9.59 Å². The summed E-state index contributed by atoms with van der Waals surface area (Å²) in [7, 11) is 0. The molecule has 0 radical (unpaired) electrons. The molecule has 1 aromatic carbocycles. The zero-order chi connectivity index (χ0) is 20.0. The minimum absolute atomic E-state index is 0.0171. The Morgan fingerprint density at radius 1 is 1.19 bits per heavy atom. The molecule has 1 fully saturated rings. The minimum atomic E-state index is -0.534. The van der Waals surface area contributed by atoms with E-state index in [1.165, 1.54) is 5.56 Å². The van der Waals surface area contributed by atoms with E-state index >= 15 is 0 Å². The molecule has 0 aromatic heterocycles. The second-order valence-electron chi connectivity index (χ2n) is 8.64. The van der Waals surface area contributed by atoms with Gasteiger partial charge in [-0.15, -0.1) is 0 Å². The van der Waals surface area contributed by atoms with Crippen LogP contribution in [-0.2, 0) is 16.1 Å². The van der Waals surface area contributed by atoms with Crippen LogP contribution in [0, 0.1) is 5.92 Å². The number of hydrazine groups is 1. The Hall–Kier alpha value is -1.92. The maximum atomic E-state index is 12.9. The van der Waals surface area contributed by atoms with Gasteiger partial charge in [-0.3, -0.25) is 15.0 Å². The van der Waals surface area contributed by atoms with Gasteiger partial charge in [0.15, 0.2) is 0 Å². The summed E-state index contributed by atoms with van der Waals surface area (Å²) in [5.74, 6) is -0.202. The number of rotatable bonds is 7. The summed E-state index contributed by atoms with van der Waals surface area (Å²) in [6, 6.07) is 9.33. The number of amides is 2. The molecule has 3 N–H and O–H groups in total. The van der Waals surface area contributed by atoms with Gasteiger partial charge >= 0.3 is 0 Å². The van der Waals surface area contributed by atoms with E-state index in [0.29, 0.717) is 6.54 Å². The summed E-state index contributed by atoms with van der Waals surface area (Å²) in [5.41, 5.74) is 4.22. The maximum absolute atomic E-state index is 12.9. The Bertz CT molecular complexity index is 625. The largest absolute Gasteiger partial charge is 0.350 e. The van der Waals surface area contributed by atoms with Crippen LogP contribution in [0.3, 0.4) is 0 Å². The molecule has 0 spiro atoms. The third kappa shape index (κ3) is 6.63. The van der Waals surface area contributed by atoms with Crippen LogP contribution in [0.2, 0.25) is 0 Å². The van der Waals surface area contributed by atoms with Crippen LogP contribution in [0.5, 0.6) is 0 Å². The SMILES string of the molecule is CC(C)[C@H](NC(=O)[C@@H]1CCCN1NCc1ccccc1)C(=O)NC(C)(C)C. The summed E-state index contributed by atoms with van der Waals surface area (Å²) >= 11 is 0. The third-order valence-electron chi connectivity index (χ3n) is 4.63. The lowest BCUT2D eigenvalue weighted by molar-refractivity contribution is -0.133. The Morgan fingerprint density at radius 2 is 1.85 bits per heavy atom. The first-order valence-corrected chi connectivity index (χ1v) is 9.84. The van der Waals surface area contributed by atoms with E-state index in [1.807, 2.05) is 57.8 Å². The molecule has 6 nitrogen and oxygen atoms in total. The minimum Gasteiger partial charge on any atom is -0.350 e. The van der Waals surface area contributed by atoms with Gasteiger partial charge in [-0.05, 0) is 45.1 Å². The smallest absolute Gasteiger partial charge is 0.243 e. The van der Waals surface area contributed by atoms with Gasteiger partial charge in [-0.1, -0.05) is 44.2 Å². The molecule has 1 aromatic rings. The lowest BCUT2D eigenvalue weighted by atomic mass is 10.0. The van der Waals surface area contributed by atoms with Crippen molar-refractivity contribution in [2.45, 2.75) is 71.6 Å². The number of nitrogens with zero attached hydrogens (tertiary/aromatic N) is 1. The third-order valence-corrected chi connectivity index (χ3v) is 4.63. The maximum Gasteiger partial charge on any atom is 0.243 e. The van der Waals surface area contributed by atoms with Crippen molar-refractivity contribution in [1.29, 1.82) is 0 Å². The van der Waals surface area contributed by atoms with E-state index in [2.05, 4.69) is 28.2 Å². The fourth-order valence-corrected chi connectivity index (χ4v) is 3.25. The van der Waals surface area contributed by atoms with Crippen molar-refractivity contribution in [3.8, 4) is 0 Å². The van der Waals surface area contributed by atoms with Gasteiger partial charge in [0.05, 0.1) is 0 Å². The number of hydrogen-bond acceptors (Lipinski definition) is 4. The molecule has 1 saturated heterocycles. The van der Waals surface area contributed by atoms with Crippen LogP contribution in [0.25, 0.3) is 0 Å². The van der Waals surface area contributed by atoms with Gasteiger partial charge < -0.3 is 10.6 Å². The molecule has 6 heteroatoms. The molecule has 2 rings (SSSR count). The van der Waals surface area contributed by atoms with E-state index in [4.69, 9.17) is 0 Å². The van der Waals surface area contributed by atoms with E-state index < -0.39 is 6.04 Å². The van der Waals surface area contributed by atoms with Crippen molar-refractivity contribution in [2.24, 2.45) is 5.92 Å². The van der Waals surface area contributed by atoms with Crippen LogP contribution < -0.4 is 16.1 Å². The van der Waals surface area contributed by atoms with Crippen LogP contribution in [0.15, 0.2) is 30.3 Å². The fraction of sp³-hybridized carbons (Fsp3) is 0.619. The number of carbonyl (C=O) groups is 2. The van der Waals surface area contributed by atoms with Crippen molar-refractivity contribution >= 4 is 11.8 Å². The van der Waals surface area contributed by atoms with Crippen molar-refractivity contribution in [1.82, 2.24) is 21.1 Å². The van der Waals surface area contributed by atoms with Crippen molar-refractivity contribution in [3.63, 3.8) is 0 Å². The van der Waals surface area contributed by atoms with E-state index in [0.717, 1.165) is 19.4 Å². The summed E-state index contributed by atoms with van der Waals surface area (Å²) in [6.45, 7) is 11.2. The highest BCUT2D eigenvalue weighted by Crippen LogP contribution is 2.17. The first-order chi connectivity index (χ1) is 12.7. The second kappa shape index (κ2) is 9.33. The molecule has 0 bridgehead atoms. The lowest BCUT2D eigenvalue weighted by Gasteiger charge is -2.30. The first-order valence-electron chi connectivity index (χ1n) is 9.84. The van der Waals surface area contributed by atoms with Gasteiger partial charge in [0.25, 0.3) is 0 Å². The second-order valence-corrected chi connectivity index (χ2v) is 8.64. The van der Waals surface area contributed by atoms with E-state index in [-0.39, 0.29) is 29.3 Å². The fourth-order valence-electron chi connectivity index (χ4n) is 3.25. The molecule has 2 atom stereocenters. The van der Waals surface area contributed by atoms with Crippen LogP contribution in [0.1, 0.15) is 53.0 Å². The molecule has 1 aliphatic heterocycles. The quantitative estimate of drug-likeness (QED) is 0.684. The van der Waals surface area contributed by atoms with E-state index in [9.17, 15) is 9.59 Å². The summed E-state index contributed by atoms with van der Waals surface area (Å²) in [5, 5.41) is 7.95. The Labute approximate surface area is 163 Å². The molecule has 0 aliphatic carbocycles. The van der Waals surface area contributed by atoms with Crippen LogP contribution in [-0.4, -0.2) is 41.0 Å². The molecular formula is C21H34N4O2. The Morgan fingerprint density at radius 3 is 2.44 bits per heavy atom. The highest BCUT2D eigenvalue weighted by molar-refractivity contribution is 5.90. The zero-order valence-electron chi connectivity index (χ0n) is 17.2. The predicted molar refractivity (Wildman–Crippen MR) is 108 cm³/mol. The van der Waals surface area contributed by atoms with Crippen LogP contribution in [0.4, 0.5) is 0 Å². The highest BCUT2D eigenvalue weighted by Gasteiger charge is 2.34. The number of nitrogens with one attached hydrogen (secondary N) is 3. The normalized spacial score (nSPS) is 19.1. The van der Waals surface area contributed by atoms with Crippen LogP contribution >= 0.6 is 0 Å². The molecule has 2 amide bonds. The van der Waals surface area contributed by atoms with Crippen molar-refractivity contribution in [3.05, 3.63) is 35.9 Å². The monoisotopic (exact) mass is 374 g/mol. The van der Waals surface area contributed by atoms with E-state index in [1.54, 1.807) is 0 Å². The molecule has 1 aliphatic rings. The molecule has 27 heavy (non-hydrogen) atoms. The topological polar surface area (TPSA) is 73.5 Å². The zero-order valence-corrected chi connectivity index (χ0v) is 17.2. The van der Waals surface area contributed by atoms with Gasteiger partial charge in [-0.2, -0.15) is 0 Å². The molecule has 1 heterocycles. The Kier molecular flexibility index (Phi) is 7.39.